The standard InChI is InChI=1S/C28H26F2N2O4.ClH/c1-3-11-36-23-9-7-17(8-10-23)24(31-16(2)19-12-20(29)15-21(30)13-19)18-5-4-6-22(14-18)32-25-26(33)28(35)27(25)34;/h4-10,12-16,24,31-33H,3,11H2,1-2H3;1H. The van der Waals surface area contributed by atoms with E-state index in [4.69, 9.17) is 4.74 Å². The second kappa shape index (κ2) is 12.0. The Morgan fingerprint density at radius 2 is 1.57 bits per heavy atom. The van der Waals surface area contributed by atoms with E-state index in [-0.39, 0.29) is 18.1 Å². The van der Waals surface area contributed by atoms with Crippen LogP contribution in [0.4, 0.5) is 20.2 Å². The number of aromatic hydroxyl groups is 1. The van der Waals surface area contributed by atoms with E-state index in [0.29, 0.717) is 17.9 Å². The second-order valence-electron chi connectivity index (χ2n) is 8.57. The van der Waals surface area contributed by atoms with Gasteiger partial charge in [0.05, 0.1) is 12.6 Å². The zero-order valence-electron chi connectivity index (χ0n) is 20.3. The molecule has 6 nitrogen and oxygen atoms in total. The van der Waals surface area contributed by atoms with Crippen LogP contribution in [0.2, 0.25) is 0 Å². The van der Waals surface area contributed by atoms with E-state index in [1.807, 2.05) is 44.2 Å². The topological polar surface area (TPSA) is 87.7 Å². The summed E-state index contributed by atoms with van der Waals surface area (Å²) in [4.78, 5) is 23.1. The first kappa shape index (κ1) is 27.8. The summed E-state index contributed by atoms with van der Waals surface area (Å²) in [5.74, 6) is -1.19. The van der Waals surface area contributed by atoms with Gasteiger partial charge in [-0.2, -0.15) is 0 Å². The molecule has 0 fully saturated rings. The molecule has 194 valence electrons. The van der Waals surface area contributed by atoms with Gasteiger partial charge in [0, 0.05) is 17.8 Å². The summed E-state index contributed by atoms with van der Waals surface area (Å²) in [7, 11) is 0. The molecule has 0 aliphatic heterocycles. The minimum Gasteiger partial charge on any atom is -0.502 e. The SMILES string of the molecule is CCCOc1ccc(C(NC(C)c2cc(F)cc(F)c2)c2cccc(Nc3c(O)c(=O)c3=O)c2)cc1.Cl. The number of hydrogen-bond donors (Lipinski definition) is 3. The van der Waals surface area contributed by atoms with Crippen molar-refractivity contribution >= 4 is 23.8 Å². The van der Waals surface area contributed by atoms with Crippen LogP contribution in [0.15, 0.2) is 76.3 Å². The smallest absolute Gasteiger partial charge is 0.271 e. The fourth-order valence-corrected chi connectivity index (χ4v) is 3.97. The molecular weight excluding hydrogens is 502 g/mol. The first-order valence-corrected chi connectivity index (χ1v) is 11.6. The number of hydrogen-bond acceptors (Lipinski definition) is 6. The predicted molar refractivity (Wildman–Crippen MR) is 142 cm³/mol. The fourth-order valence-electron chi connectivity index (χ4n) is 3.97. The lowest BCUT2D eigenvalue weighted by Gasteiger charge is -2.26. The summed E-state index contributed by atoms with van der Waals surface area (Å²) < 4.78 is 33.4. The molecule has 3 N–H and O–H groups in total. The van der Waals surface area contributed by atoms with Gasteiger partial charge in [-0.05, 0) is 66.4 Å². The van der Waals surface area contributed by atoms with Gasteiger partial charge in [-0.3, -0.25) is 14.9 Å². The van der Waals surface area contributed by atoms with Crippen LogP contribution < -0.4 is 26.2 Å². The zero-order chi connectivity index (χ0) is 25.8. The van der Waals surface area contributed by atoms with Gasteiger partial charge in [-0.15, -0.1) is 12.4 Å². The number of nitrogens with one attached hydrogen (secondary N) is 2. The molecule has 9 heteroatoms. The van der Waals surface area contributed by atoms with Gasteiger partial charge in [0.1, 0.15) is 23.1 Å². The van der Waals surface area contributed by atoms with Crippen molar-refractivity contribution < 1.29 is 18.6 Å². The van der Waals surface area contributed by atoms with Crippen molar-refractivity contribution in [2.75, 3.05) is 11.9 Å². The molecule has 0 radical (unpaired) electrons. The first-order chi connectivity index (χ1) is 17.3. The largest absolute Gasteiger partial charge is 0.502 e. The molecule has 2 unspecified atom stereocenters. The van der Waals surface area contributed by atoms with Crippen molar-refractivity contribution in [1.29, 1.82) is 0 Å². The Hall–Kier alpha value is -3.75. The monoisotopic (exact) mass is 528 g/mol. The Kier molecular flexibility index (Phi) is 9.02. The number of halogens is 3. The predicted octanol–water partition coefficient (Wildman–Crippen LogP) is 5.66. The summed E-state index contributed by atoms with van der Waals surface area (Å²) in [6.07, 6.45) is 0.882. The minimum absolute atomic E-state index is 0. The van der Waals surface area contributed by atoms with E-state index >= 15 is 0 Å². The van der Waals surface area contributed by atoms with Crippen LogP contribution in [-0.2, 0) is 0 Å². The minimum atomic E-state index is -0.922. The van der Waals surface area contributed by atoms with E-state index < -0.39 is 40.3 Å². The Labute approximate surface area is 219 Å². The molecule has 0 aliphatic rings. The summed E-state index contributed by atoms with van der Waals surface area (Å²) in [6, 6.07) is 17.2. The quantitative estimate of drug-likeness (QED) is 0.230. The Morgan fingerprint density at radius 3 is 2.19 bits per heavy atom. The van der Waals surface area contributed by atoms with Crippen molar-refractivity contribution in [2.24, 2.45) is 0 Å². The van der Waals surface area contributed by atoms with Gasteiger partial charge in [-0.25, -0.2) is 8.78 Å². The molecule has 0 saturated heterocycles. The highest BCUT2D eigenvalue weighted by molar-refractivity contribution is 5.85. The molecular formula is C28H27ClF2N2O4. The zero-order valence-corrected chi connectivity index (χ0v) is 21.1. The van der Waals surface area contributed by atoms with E-state index in [9.17, 15) is 23.5 Å². The van der Waals surface area contributed by atoms with Crippen molar-refractivity contribution in [2.45, 2.75) is 32.4 Å². The Morgan fingerprint density at radius 1 is 0.892 bits per heavy atom. The Bertz CT molecular complexity index is 1420. The highest BCUT2D eigenvalue weighted by Gasteiger charge is 2.22. The maximum atomic E-state index is 13.9. The third-order valence-corrected chi connectivity index (χ3v) is 5.86. The van der Waals surface area contributed by atoms with Gasteiger partial charge >= 0.3 is 0 Å². The summed E-state index contributed by atoms with van der Waals surface area (Å²) in [6.45, 7) is 4.43. The highest BCUT2D eigenvalue weighted by Crippen LogP contribution is 2.31. The second-order valence-corrected chi connectivity index (χ2v) is 8.57. The molecule has 0 heterocycles. The summed E-state index contributed by atoms with van der Waals surface area (Å²) in [5.41, 5.74) is 0.743. The van der Waals surface area contributed by atoms with E-state index in [0.717, 1.165) is 29.4 Å². The van der Waals surface area contributed by atoms with E-state index in [1.54, 1.807) is 18.2 Å². The van der Waals surface area contributed by atoms with Gasteiger partial charge in [0.15, 0.2) is 5.75 Å². The van der Waals surface area contributed by atoms with Gasteiger partial charge < -0.3 is 15.2 Å². The number of ether oxygens (including phenoxy) is 1. The van der Waals surface area contributed by atoms with Crippen molar-refractivity contribution in [3.8, 4) is 11.5 Å². The molecule has 2 atom stereocenters. The van der Waals surface area contributed by atoms with Gasteiger partial charge in [-0.1, -0.05) is 31.2 Å². The van der Waals surface area contributed by atoms with Crippen molar-refractivity contribution in [1.82, 2.24) is 5.32 Å². The molecule has 4 aromatic rings. The van der Waals surface area contributed by atoms with Crippen molar-refractivity contribution in [3.05, 3.63) is 116 Å². The lowest BCUT2D eigenvalue weighted by molar-refractivity contribution is 0.317. The molecule has 0 aliphatic carbocycles. The van der Waals surface area contributed by atoms with Crippen LogP contribution in [-0.4, -0.2) is 11.7 Å². The van der Waals surface area contributed by atoms with Crippen LogP contribution >= 0.6 is 12.4 Å². The average molecular weight is 529 g/mol. The van der Waals surface area contributed by atoms with Crippen LogP contribution in [0.3, 0.4) is 0 Å². The lowest BCUT2D eigenvalue weighted by Crippen LogP contribution is -2.32. The van der Waals surface area contributed by atoms with Gasteiger partial charge in [0.2, 0.25) is 0 Å². The molecule has 4 rings (SSSR count). The molecule has 0 aromatic heterocycles. The molecule has 0 amide bonds. The lowest BCUT2D eigenvalue weighted by atomic mass is 9.96. The third-order valence-electron chi connectivity index (χ3n) is 5.86. The van der Waals surface area contributed by atoms with Crippen LogP contribution in [0.25, 0.3) is 0 Å². The average Bonchev–Trinajstić information content (AvgIpc) is 2.88. The third kappa shape index (κ3) is 6.34. The van der Waals surface area contributed by atoms with E-state index in [2.05, 4.69) is 10.6 Å². The maximum absolute atomic E-state index is 13.9. The number of benzene rings is 3. The maximum Gasteiger partial charge on any atom is 0.271 e. The molecule has 0 saturated carbocycles. The first-order valence-electron chi connectivity index (χ1n) is 11.6. The van der Waals surface area contributed by atoms with Crippen LogP contribution in [0, 0.1) is 11.6 Å². The number of anilines is 2. The fraction of sp³-hybridized carbons (Fsp3) is 0.214. The highest BCUT2D eigenvalue weighted by atomic mass is 35.5. The summed E-state index contributed by atoms with van der Waals surface area (Å²) in [5, 5.41) is 15.9. The molecule has 0 spiro atoms. The molecule has 4 aromatic carbocycles. The number of rotatable bonds is 10. The normalized spacial score (nSPS) is 12.5. The molecule has 37 heavy (non-hydrogen) atoms. The van der Waals surface area contributed by atoms with Crippen LogP contribution in [0.1, 0.15) is 49.0 Å². The Balaban J connectivity index is 0.00000380. The molecule has 0 bridgehead atoms. The summed E-state index contributed by atoms with van der Waals surface area (Å²) >= 11 is 0. The van der Waals surface area contributed by atoms with Crippen LogP contribution in [0.5, 0.6) is 11.5 Å². The van der Waals surface area contributed by atoms with Crippen molar-refractivity contribution in [3.63, 3.8) is 0 Å². The van der Waals surface area contributed by atoms with E-state index in [1.165, 1.54) is 12.1 Å². The van der Waals surface area contributed by atoms with Gasteiger partial charge in [0.25, 0.3) is 10.9 Å².